The van der Waals surface area contributed by atoms with Crippen molar-refractivity contribution in [2.75, 3.05) is 40.5 Å². The summed E-state index contributed by atoms with van der Waals surface area (Å²) in [5.74, 6) is -0.233. The number of ether oxygens (including phenoxy) is 3. The molecule has 0 spiro atoms. The SMILES string of the molecule is COc1cccc(OCCNC(=O)[C@@H]2CCC(=O)N[C@@H](Cc3ccc(O)cc3)C(=O)N(C)CCOc3ccccc3C(=O)N2)c1. The first-order valence-electron chi connectivity index (χ1n) is 14.6. The molecule has 1 aliphatic rings. The minimum atomic E-state index is -1.06. The molecule has 4 amide bonds. The van der Waals surface area contributed by atoms with Crippen LogP contribution in [0.15, 0.2) is 72.8 Å². The van der Waals surface area contributed by atoms with E-state index >= 15 is 0 Å². The van der Waals surface area contributed by atoms with Gasteiger partial charge >= 0.3 is 0 Å². The summed E-state index contributed by atoms with van der Waals surface area (Å²) in [6, 6.07) is 18.1. The summed E-state index contributed by atoms with van der Waals surface area (Å²) >= 11 is 0. The molecule has 0 saturated carbocycles. The van der Waals surface area contributed by atoms with E-state index in [1.807, 2.05) is 0 Å². The van der Waals surface area contributed by atoms with Crippen LogP contribution >= 0.6 is 0 Å². The van der Waals surface area contributed by atoms with Gasteiger partial charge in [-0.25, -0.2) is 0 Å². The number of rotatable bonds is 8. The number of hydrogen-bond acceptors (Lipinski definition) is 8. The molecule has 238 valence electrons. The van der Waals surface area contributed by atoms with Crippen LogP contribution in [0.25, 0.3) is 0 Å². The van der Waals surface area contributed by atoms with Crippen molar-refractivity contribution < 1.29 is 38.5 Å². The van der Waals surface area contributed by atoms with Crippen LogP contribution < -0.4 is 30.2 Å². The summed E-state index contributed by atoms with van der Waals surface area (Å²) in [7, 11) is 3.16. The second-order valence-corrected chi connectivity index (χ2v) is 10.5. The highest BCUT2D eigenvalue weighted by Gasteiger charge is 2.28. The lowest BCUT2D eigenvalue weighted by molar-refractivity contribution is -0.135. The molecule has 0 aliphatic carbocycles. The standard InChI is InChI=1S/C33H38N4O8/c1-37-17-19-45-29-9-4-3-8-26(29)31(40)36-27(32(41)34-16-18-44-25-7-5-6-24(21-25)43-2)14-15-30(39)35-28(33(37)42)20-22-10-12-23(38)13-11-22/h3-13,21,27-28,38H,14-20H2,1-2H3,(H,34,41)(H,35,39)(H,36,40)/t27-,28-/m0/s1. The van der Waals surface area contributed by atoms with Gasteiger partial charge in [0.2, 0.25) is 17.7 Å². The van der Waals surface area contributed by atoms with Crippen molar-refractivity contribution >= 4 is 23.6 Å². The number of carbonyl (C=O) groups is 4. The normalized spacial score (nSPS) is 17.8. The van der Waals surface area contributed by atoms with Crippen molar-refractivity contribution in [1.29, 1.82) is 0 Å². The van der Waals surface area contributed by atoms with Gasteiger partial charge in [0, 0.05) is 26.0 Å². The molecule has 12 heteroatoms. The fraction of sp³-hybridized carbons (Fsp3) is 0.333. The molecule has 0 radical (unpaired) electrons. The van der Waals surface area contributed by atoms with Crippen molar-refractivity contribution in [3.05, 3.63) is 83.9 Å². The quantitative estimate of drug-likeness (QED) is 0.280. The highest BCUT2D eigenvalue weighted by atomic mass is 16.5. The number of carbonyl (C=O) groups excluding carboxylic acids is 4. The van der Waals surface area contributed by atoms with Gasteiger partial charge in [0.25, 0.3) is 5.91 Å². The van der Waals surface area contributed by atoms with Crippen molar-refractivity contribution in [3.63, 3.8) is 0 Å². The lowest BCUT2D eigenvalue weighted by Gasteiger charge is -2.25. The van der Waals surface area contributed by atoms with E-state index in [1.165, 1.54) is 17.0 Å². The number of benzene rings is 3. The lowest BCUT2D eigenvalue weighted by atomic mass is 10.0. The number of likely N-dealkylation sites (N-methyl/N-ethyl adjacent to an activating group) is 1. The third kappa shape index (κ3) is 9.62. The minimum Gasteiger partial charge on any atom is -0.508 e. The maximum absolute atomic E-state index is 13.4. The van der Waals surface area contributed by atoms with E-state index in [0.717, 1.165) is 5.56 Å². The summed E-state index contributed by atoms with van der Waals surface area (Å²) < 4.78 is 16.8. The van der Waals surface area contributed by atoms with Gasteiger partial charge in [0.15, 0.2) is 0 Å². The first kappa shape index (κ1) is 32.6. The Bertz CT molecular complexity index is 1480. The molecule has 1 aliphatic heterocycles. The Labute approximate surface area is 261 Å². The Kier molecular flexibility index (Phi) is 11.6. The molecule has 3 aromatic rings. The first-order valence-corrected chi connectivity index (χ1v) is 14.6. The minimum absolute atomic E-state index is 0.0286. The molecule has 0 bridgehead atoms. The molecule has 12 nitrogen and oxygen atoms in total. The van der Waals surface area contributed by atoms with E-state index in [4.69, 9.17) is 14.2 Å². The maximum atomic E-state index is 13.4. The first-order chi connectivity index (χ1) is 21.7. The number of methoxy groups -OCH3 is 1. The van der Waals surface area contributed by atoms with Crippen LogP contribution in [0, 0.1) is 0 Å². The summed E-state index contributed by atoms with van der Waals surface area (Å²) in [6.07, 6.45) is 0.0197. The number of phenols is 1. The van der Waals surface area contributed by atoms with Crippen LogP contribution in [0.4, 0.5) is 0 Å². The predicted molar refractivity (Wildman–Crippen MR) is 165 cm³/mol. The third-order valence-electron chi connectivity index (χ3n) is 7.19. The van der Waals surface area contributed by atoms with Crippen LogP contribution in [0.1, 0.15) is 28.8 Å². The van der Waals surface area contributed by atoms with Crippen molar-refractivity contribution in [2.45, 2.75) is 31.3 Å². The van der Waals surface area contributed by atoms with Crippen LogP contribution in [-0.4, -0.2) is 86.2 Å². The van der Waals surface area contributed by atoms with E-state index in [-0.39, 0.29) is 62.8 Å². The zero-order chi connectivity index (χ0) is 32.2. The predicted octanol–water partition coefficient (Wildman–Crippen LogP) is 2.05. The Morgan fingerprint density at radius 3 is 2.56 bits per heavy atom. The van der Waals surface area contributed by atoms with Gasteiger partial charge in [-0.3, -0.25) is 19.2 Å². The lowest BCUT2D eigenvalue weighted by Crippen LogP contribution is -2.50. The van der Waals surface area contributed by atoms with E-state index in [1.54, 1.807) is 74.8 Å². The third-order valence-corrected chi connectivity index (χ3v) is 7.19. The molecule has 4 N–H and O–H groups in total. The second-order valence-electron chi connectivity index (χ2n) is 10.5. The molecular weight excluding hydrogens is 580 g/mol. The van der Waals surface area contributed by atoms with Gasteiger partial charge in [-0.05, 0) is 48.4 Å². The second kappa shape index (κ2) is 16.0. The number of amides is 4. The molecule has 2 atom stereocenters. The van der Waals surface area contributed by atoms with Crippen molar-refractivity contribution in [3.8, 4) is 23.0 Å². The van der Waals surface area contributed by atoms with Gasteiger partial charge in [-0.1, -0.05) is 30.3 Å². The number of nitrogens with zero attached hydrogens (tertiary/aromatic N) is 1. The zero-order valence-corrected chi connectivity index (χ0v) is 25.3. The van der Waals surface area contributed by atoms with E-state index in [0.29, 0.717) is 17.2 Å². The van der Waals surface area contributed by atoms with Gasteiger partial charge in [0.1, 0.15) is 48.3 Å². The van der Waals surface area contributed by atoms with Crippen LogP contribution in [0.3, 0.4) is 0 Å². The number of nitrogens with one attached hydrogen (secondary N) is 3. The zero-order valence-electron chi connectivity index (χ0n) is 25.3. The molecule has 0 saturated heterocycles. The fourth-order valence-corrected chi connectivity index (χ4v) is 4.72. The molecule has 0 aromatic heterocycles. The number of phenolic OH excluding ortho intramolecular Hbond substituents is 1. The summed E-state index contributed by atoms with van der Waals surface area (Å²) in [5, 5.41) is 17.9. The van der Waals surface area contributed by atoms with Crippen LogP contribution in [0.2, 0.25) is 0 Å². The molecule has 0 unspecified atom stereocenters. The largest absolute Gasteiger partial charge is 0.508 e. The summed E-state index contributed by atoms with van der Waals surface area (Å²) in [5.41, 5.74) is 0.957. The highest BCUT2D eigenvalue weighted by Crippen LogP contribution is 2.20. The summed E-state index contributed by atoms with van der Waals surface area (Å²) in [6.45, 7) is 0.582. The number of aromatic hydroxyl groups is 1. The Balaban J connectivity index is 1.48. The fourth-order valence-electron chi connectivity index (χ4n) is 4.72. The number of fused-ring (bicyclic) bond motifs is 1. The van der Waals surface area contributed by atoms with Gasteiger partial charge in [-0.15, -0.1) is 0 Å². The molecule has 45 heavy (non-hydrogen) atoms. The Hall–Kier alpha value is -5.26. The topological polar surface area (TPSA) is 156 Å². The van der Waals surface area contributed by atoms with Gasteiger partial charge in [0.05, 0.1) is 25.8 Å². The molecule has 0 fully saturated rings. The average Bonchev–Trinajstić information content (AvgIpc) is 3.05. The van der Waals surface area contributed by atoms with Crippen molar-refractivity contribution in [1.82, 2.24) is 20.9 Å². The Morgan fingerprint density at radius 2 is 1.78 bits per heavy atom. The molecule has 4 rings (SSSR count). The molecule has 3 aromatic carbocycles. The van der Waals surface area contributed by atoms with E-state index < -0.39 is 29.8 Å². The highest BCUT2D eigenvalue weighted by molar-refractivity contribution is 5.99. The summed E-state index contributed by atoms with van der Waals surface area (Å²) in [4.78, 5) is 54.6. The van der Waals surface area contributed by atoms with E-state index in [2.05, 4.69) is 16.0 Å². The molecule has 1 heterocycles. The number of hydrogen-bond donors (Lipinski definition) is 4. The van der Waals surface area contributed by atoms with Gasteiger partial charge < -0.3 is 40.2 Å². The van der Waals surface area contributed by atoms with Crippen LogP contribution in [0.5, 0.6) is 23.0 Å². The van der Waals surface area contributed by atoms with Crippen LogP contribution in [-0.2, 0) is 20.8 Å². The Morgan fingerprint density at radius 1 is 1.02 bits per heavy atom. The van der Waals surface area contributed by atoms with Gasteiger partial charge in [-0.2, -0.15) is 0 Å². The average molecular weight is 619 g/mol. The smallest absolute Gasteiger partial charge is 0.255 e. The monoisotopic (exact) mass is 618 g/mol. The number of para-hydroxylation sites is 1. The molecular formula is C33H38N4O8. The van der Waals surface area contributed by atoms with Crippen molar-refractivity contribution in [2.24, 2.45) is 0 Å². The van der Waals surface area contributed by atoms with E-state index in [9.17, 15) is 24.3 Å². The maximum Gasteiger partial charge on any atom is 0.255 e.